The number of hydrogen-bond acceptors (Lipinski definition) is 5. The van der Waals surface area contributed by atoms with Crippen molar-refractivity contribution in [2.75, 3.05) is 0 Å². The Labute approximate surface area is 248 Å². The highest BCUT2D eigenvalue weighted by molar-refractivity contribution is 5.96. The molecule has 2 fully saturated rings. The van der Waals surface area contributed by atoms with Crippen LogP contribution in [0.15, 0.2) is 24.3 Å². The molecule has 1 heterocycles. The van der Waals surface area contributed by atoms with Crippen molar-refractivity contribution in [1.82, 2.24) is 15.5 Å². The van der Waals surface area contributed by atoms with Crippen LogP contribution in [0.5, 0.6) is 0 Å². The monoisotopic (exact) mass is 582 g/mol. The van der Waals surface area contributed by atoms with Crippen molar-refractivity contribution in [2.24, 2.45) is 29.4 Å². The fraction of sp³-hybridized carbons (Fsp3) is 0.656. The number of nitrogens with two attached hydrogens (primary N) is 1. The van der Waals surface area contributed by atoms with Gasteiger partial charge in [-0.2, -0.15) is 0 Å². The molecule has 1 aromatic rings. The zero-order valence-electron chi connectivity index (χ0n) is 24.8. The molecule has 5 N–H and O–H groups in total. The molecule has 0 saturated heterocycles. The largest absolute Gasteiger partial charge is 0.481 e. The Kier molecular flexibility index (Phi) is 10.6. The highest BCUT2D eigenvalue weighted by Gasteiger charge is 2.44. The first-order valence-corrected chi connectivity index (χ1v) is 15.6. The first-order valence-electron chi connectivity index (χ1n) is 15.6. The summed E-state index contributed by atoms with van der Waals surface area (Å²) in [6.45, 7) is 4.06. The fourth-order valence-corrected chi connectivity index (χ4v) is 7.04. The lowest BCUT2D eigenvalue weighted by Gasteiger charge is -2.34. The molecular weight excluding hydrogens is 536 g/mol. The molecule has 10 heteroatoms. The van der Waals surface area contributed by atoms with Gasteiger partial charge in [0.25, 0.3) is 0 Å². The quantitative estimate of drug-likeness (QED) is 0.313. The van der Waals surface area contributed by atoms with Crippen LogP contribution in [0.4, 0.5) is 0 Å². The number of nitrogens with zero attached hydrogens (tertiary/aromatic N) is 1. The van der Waals surface area contributed by atoms with E-state index in [1.54, 1.807) is 0 Å². The molecule has 1 aromatic carbocycles. The SMILES string of the molecule is CC(C)C[C@H](NC(=O)[C@@H]1c2ccccc2CN1C(=O)[C@H](CC1CCCCC1)NC(=O)[C@@H]1CCCC[C@H]1C(=O)O)C(N)=O. The lowest BCUT2D eigenvalue weighted by Crippen LogP contribution is -2.54. The van der Waals surface area contributed by atoms with Crippen molar-refractivity contribution >= 4 is 29.6 Å². The zero-order chi connectivity index (χ0) is 30.4. The predicted molar refractivity (Wildman–Crippen MR) is 157 cm³/mol. The van der Waals surface area contributed by atoms with Crippen LogP contribution in [-0.2, 0) is 30.5 Å². The standard InChI is InChI=1S/C32H46N4O6/c1-19(2)16-25(28(33)37)34-30(39)27-22-13-7-6-12-21(22)18-36(27)31(40)26(17-20-10-4-3-5-11-20)35-29(38)23-14-8-9-15-24(23)32(41)42/h6-7,12-13,19-20,23-27H,3-5,8-11,14-18H2,1-2H3,(H2,33,37)(H,34,39)(H,35,38)(H,41,42)/t23-,24-,25+,26+,27+/m1/s1. The molecule has 0 spiro atoms. The maximum absolute atomic E-state index is 14.4. The third-order valence-electron chi connectivity index (χ3n) is 9.23. The Morgan fingerprint density at radius 2 is 1.50 bits per heavy atom. The number of fused-ring (bicyclic) bond motifs is 1. The van der Waals surface area contributed by atoms with Crippen LogP contribution in [0.3, 0.4) is 0 Å². The summed E-state index contributed by atoms with van der Waals surface area (Å²) >= 11 is 0. The van der Waals surface area contributed by atoms with Gasteiger partial charge in [0.15, 0.2) is 0 Å². The van der Waals surface area contributed by atoms with Crippen LogP contribution in [0.2, 0.25) is 0 Å². The van der Waals surface area contributed by atoms with Crippen LogP contribution in [-0.4, -0.2) is 51.7 Å². The Morgan fingerprint density at radius 1 is 0.881 bits per heavy atom. The lowest BCUT2D eigenvalue weighted by atomic mass is 9.78. The second-order valence-electron chi connectivity index (χ2n) is 12.8. The number of aliphatic carboxylic acids is 1. The van der Waals surface area contributed by atoms with Crippen LogP contribution in [0.25, 0.3) is 0 Å². The second kappa shape index (κ2) is 14.2. The van der Waals surface area contributed by atoms with E-state index in [0.717, 1.165) is 50.5 Å². The Hall–Kier alpha value is -3.43. The molecule has 0 aromatic heterocycles. The van der Waals surface area contributed by atoms with Crippen LogP contribution in [0.1, 0.15) is 102 Å². The smallest absolute Gasteiger partial charge is 0.307 e. The zero-order valence-corrected chi connectivity index (χ0v) is 24.8. The van der Waals surface area contributed by atoms with E-state index in [2.05, 4.69) is 10.6 Å². The highest BCUT2D eigenvalue weighted by atomic mass is 16.4. The topological polar surface area (TPSA) is 159 Å². The van der Waals surface area contributed by atoms with Gasteiger partial charge >= 0.3 is 5.97 Å². The van der Waals surface area contributed by atoms with Crippen LogP contribution < -0.4 is 16.4 Å². The van der Waals surface area contributed by atoms with E-state index in [1.165, 1.54) is 4.90 Å². The number of carboxylic acid groups (broad SMARTS) is 1. The fourth-order valence-electron chi connectivity index (χ4n) is 7.04. The van der Waals surface area contributed by atoms with Crippen molar-refractivity contribution in [3.8, 4) is 0 Å². The Balaban J connectivity index is 1.61. The number of primary amides is 1. The predicted octanol–water partition coefficient (Wildman–Crippen LogP) is 3.43. The Morgan fingerprint density at radius 3 is 2.14 bits per heavy atom. The molecule has 3 aliphatic rings. The maximum Gasteiger partial charge on any atom is 0.307 e. The number of carbonyl (C=O) groups excluding carboxylic acids is 4. The molecule has 0 bridgehead atoms. The average Bonchev–Trinajstić information content (AvgIpc) is 3.36. The summed E-state index contributed by atoms with van der Waals surface area (Å²) in [4.78, 5) is 67.3. The number of benzene rings is 1. The summed E-state index contributed by atoms with van der Waals surface area (Å²) in [6, 6.07) is 4.60. The van der Waals surface area contributed by atoms with E-state index in [1.807, 2.05) is 38.1 Å². The molecule has 10 nitrogen and oxygen atoms in total. The van der Waals surface area contributed by atoms with Crippen LogP contribution >= 0.6 is 0 Å². The van der Waals surface area contributed by atoms with E-state index in [0.29, 0.717) is 31.2 Å². The van der Waals surface area contributed by atoms with E-state index in [4.69, 9.17) is 5.73 Å². The van der Waals surface area contributed by atoms with Gasteiger partial charge in [-0.15, -0.1) is 0 Å². The number of hydrogen-bond donors (Lipinski definition) is 4. The molecule has 1 aliphatic heterocycles. The first kappa shape index (κ1) is 31.5. The van der Waals surface area contributed by atoms with Crippen molar-refractivity contribution < 1.29 is 29.1 Å². The molecule has 42 heavy (non-hydrogen) atoms. The number of carbonyl (C=O) groups is 5. The van der Waals surface area contributed by atoms with Crippen molar-refractivity contribution in [3.63, 3.8) is 0 Å². The van der Waals surface area contributed by atoms with Gasteiger partial charge in [0.1, 0.15) is 18.1 Å². The van der Waals surface area contributed by atoms with Gasteiger partial charge in [-0.1, -0.05) is 83.1 Å². The van der Waals surface area contributed by atoms with Gasteiger partial charge in [-0.25, -0.2) is 0 Å². The van der Waals surface area contributed by atoms with Crippen LogP contribution in [0, 0.1) is 23.7 Å². The maximum atomic E-state index is 14.4. The van der Waals surface area contributed by atoms with Crippen molar-refractivity contribution in [2.45, 2.75) is 109 Å². The molecule has 0 unspecified atom stereocenters. The summed E-state index contributed by atoms with van der Waals surface area (Å²) in [5.74, 6) is -3.99. The van der Waals surface area contributed by atoms with E-state index < -0.39 is 53.7 Å². The van der Waals surface area contributed by atoms with Gasteiger partial charge in [-0.3, -0.25) is 24.0 Å². The minimum Gasteiger partial charge on any atom is -0.481 e. The average molecular weight is 583 g/mol. The summed E-state index contributed by atoms with van der Waals surface area (Å²) < 4.78 is 0. The summed E-state index contributed by atoms with van der Waals surface area (Å²) in [5, 5.41) is 15.5. The molecule has 230 valence electrons. The molecular formula is C32H46N4O6. The molecule has 2 saturated carbocycles. The Bertz CT molecular complexity index is 1160. The lowest BCUT2D eigenvalue weighted by molar-refractivity contribution is -0.150. The number of carboxylic acids is 1. The summed E-state index contributed by atoms with van der Waals surface area (Å²) in [5.41, 5.74) is 7.11. The number of amides is 4. The highest BCUT2D eigenvalue weighted by Crippen LogP contribution is 2.37. The molecule has 4 rings (SSSR count). The van der Waals surface area contributed by atoms with Gasteiger partial charge in [0.05, 0.1) is 11.8 Å². The molecule has 0 radical (unpaired) electrons. The summed E-state index contributed by atoms with van der Waals surface area (Å²) in [6.07, 6.45) is 8.44. The van der Waals surface area contributed by atoms with Gasteiger partial charge in [-0.05, 0) is 48.6 Å². The minimum atomic E-state index is -0.984. The third-order valence-corrected chi connectivity index (χ3v) is 9.23. The van der Waals surface area contributed by atoms with Crippen molar-refractivity contribution in [3.05, 3.63) is 35.4 Å². The third kappa shape index (κ3) is 7.50. The molecule has 4 amide bonds. The van der Waals surface area contributed by atoms with E-state index in [9.17, 15) is 29.1 Å². The number of rotatable bonds is 11. The first-order chi connectivity index (χ1) is 20.1. The summed E-state index contributed by atoms with van der Waals surface area (Å²) in [7, 11) is 0. The van der Waals surface area contributed by atoms with E-state index in [-0.39, 0.29) is 24.3 Å². The normalized spacial score (nSPS) is 24.0. The van der Waals surface area contributed by atoms with E-state index >= 15 is 0 Å². The van der Waals surface area contributed by atoms with Crippen molar-refractivity contribution in [1.29, 1.82) is 0 Å². The molecule has 5 atom stereocenters. The van der Waals surface area contributed by atoms with Gasteiger partial charge in [0, 0.05) is 6.54 Å². The molecule has 2 aliphatic carbocycles. The number of nitrogens with one attached hydrogen (secondary N) is 2. The van der Waals surface area contributed by atoms with Gasteiger partial charge in [0.2, 0.25) is 23.6 Å². The van der Waals surface area contributed by atoms with Gasteiger partial charge < -0.3 is 26.4 Å². The minimum absolute atomic E-state index is 0.112. The second-order valence-corrected chi connectivity index (χ2v) is 12.8.